The predicted octanol–water partition coefficient (Wildman–Crippen LogP) is 2.98. The maximum Gasteiger partial charge on any atom is 0.254 e. The van der Waals surface area contributed by atoms with E-state index in [2.05, 4.69) is 10.0 Å². The molecule has 1 saturated heterocycles. The van der Waals surface area contributed by atoms with Gasteiger partial charge in [0.05, 0.1) is 19.5 Å². The van der Waals surface area contributed by atoms with Crippen molar-refractivity contribution in [3.63, 3.8) is 0 Å². The first kappa shape index (κ1) is 29.9. The molecule has 2 atom stereocenters. The summed E-state index contributed by atoms with van der Waals surface area (Å²) in [5.74, 6) is 0.762. The Morgan fingerprint density at radius 1 is 1.08 bits per heavy atom. The van der Waals surface area contributed by atoms with Crippen molar-refractivity contribution in [3.05, 3.63) is 59.2 Å². The van der Waals surface area contributed by atoms with Crippen molar-refractivity contribution >= 4 is 15.9 Å². The highest BCUT2D eigenvalue weighted by Crippen LogP contribution is 2.29. The van der Waals surface area contributed by atoms with Crippen molar-refractivity contribution < 1.29 is 27.4 Å². The van der Waals surface area contributed by atoms with Crippen LogP contribution in [0.5, 0.6) is 11.5 Å². The van der Waals surface area contributed by atoms with Crippen LogP contribution < -0.4 is 19.5 Å². The Kier molecular flexibility index (Phi) is 11.0. The van der Waals surface area contributed by atoms with Crippen LogP contribution in [0.3, 0.4) is 0 Å². The lowest BCUT2D eigenvalue weighted by atomic mass is 10.0. The van der Waals surface area contributed by atoms with Gasteiger partial charge in [-0.05, 0) is 44.5 Å². The number of methoxy groups -OCH3 is 2. The van der Waals surface area contributed by atoms with Crippen LogP contribution in [0.15, 0.2) is 42.5 Å². The van der Waals surface area contributed by atoms with Gasteiger partial charge in [0.25, 0.3) is 5.91 Å². The Morgan fingerprint density at radius 2 is 1.82 bits per heavy atom. The summed E-state index contributed by atoms with van der Waals surface area (Å²) in [6.45, 7) is 8.45. The van der Waals surface area contributed by atoms with Gasteiger partial charge in [0.1, 0.15) is 0 Å². The van der Waals surface area contributed by atoms with Gasteiger partial charge in [0.15, 0.2) is 11.5 Å². The number of hydrogen-bond donors (Lipinski definition) is 2. The molecule has 0 aliphatic carbocycles. The lowest BCUT2D eigenvalue weighted by molar-refractivity contribution is 0.0671. The third-order valence-electron chi connectivity index (χ3n) is 6.62. The van der Waals surface area contributed by atoms with Crippen LogP contribution in [0.2, 0.25) is 0 Å². The van der Waals surface area contributed by atoms with Crippen LogP contribution >= 0.6 is 0 Å². The number of carbonyl (C=O) groups is 1. The number of carbonyl (C=O) groups excluding carboxylic acids is 1. The third-order valence-corrected chi connectivity index (χ3v) is 8.00. The molecule has 0 saturated carbocycles. The number of rotatable bonds is 14. The topological polar surface area (TPSA) is 106 Å². The first-order valence-electron chi connectivity index (χ1n) is 13.0. The fourth-order valence-corrected chi connectivity index (χ4v) is 5.95. The van der Waals surface area contributed by atoms with Gasteiger partial charge in [-0.25, -0.2) is 13.1 Å². The normalized spacial score (nSPS) is 17.5. The minimum Gasteiger partial charge on any atom is -0.493 e. The summed E-state index contributed by atoms with van der Waals surface area (Å²) in [6, 6.07) is 12.3. The molecule has 0 unspecified atom stereocenters. The number of aryl methyl sites for hydroxylation is 1. The van der Waals surface area contributed by atoms with Crippen molar-refractivity contribution in [1.82, 2.24) is 14.9 Å². The molecule has 38 heavy (non-hydrogen) atoms. The van der Waals surface area contributed by atoms with Crippen molar-refractivity contribution in [3.8, 4) is 11.5 Å². The summed E-state index contributed by atoms with van der Waals surface area (Å²) in [5, 5.41) is 3.29. The van der Waals surface area contributed by atoms with Crippen LogP contribution in [0.4, 0.5) is 0 Å². The highest BCUT2D eigenvalue weighted by Gasteiger charge is 2.34. The van der Waals surface area contributed by atoms with E-state index in [0.717, 1.165) is 11.1 Å². The summed E-state index contributed by atoms with van der Waals surface area (Å²) in [5.41, 5.74) is 2.31. The van der Waals surface area contributed by atoms with Crippen molar-refractivity contribution in [1.29, 1.82) is 0 Å². The molecule has 0 spiro atoms. The van der Waals surface area contributed by atoms with Crippen molar-refractivity contribution in [2.24, 2.45) is 5.92 Å². The third kappa shape index (κ3) is 8.42. The summed E-state index contributed by atoms with van der Waals surface area (Å²) in [7, 11) is -0.351. The zero-order valence-corrected chi connectivity index (χ0v) is 23.8. The molecule has 10 heteroatoms. The van der Waals surface area contributed by atoms with Crippen LogP contribution in [0.1, 0.15) is 41.8 Å². The van der Waals surface area contributed by atoms with E-state index in [1.807, 2.05) is 45.0 Å². The molecule has 0 bridgehead atoms. The van der Waals surface area contributed by atoms with Gasteiger partial charge in [0.2, 0.25) is 10.0 Å². The van der Waals surface area contributed by atoms with E-state index >= 15 is 0 Å². The van der Waals surface area contributed by atoms with Gasteiger partial charge in [-0.3, -0.25) is 4.79 Å². The molecule has 2 aromatic rings. The molecule has 0 aromatic heterocycles. The number of nitrogens with one attached hydrogen (secondary N) is 2. The quantitative estimate of drug-likeness (QED) is 0.350. The van der Waals surface area contributed by atoms with Crippen molar-refractivity contribution in [2.75, 3.05) is 47.1 Å². The van der Waals surface area contributed by atoms with Gasteiger partial charge in [-0.1, -0.05) is 29.8 Å². The second-order valence-corrected chi connectivity index (χ2v) is 11.8. The Labute approximate surface area is 226 Å². The molecule has 1 heterocycles. The standard InChI is InChI=1S/C28H41N3O6S/c1-20(2)31(28(32)23-11-12-26(36-5)27(15-23)37-14-6-13-35-4)18-24-16-29-17-25(24)30-38(33,34)19-22-9-7-21(3)8-10-22/h7-12,15,20,24-25,29-30H,6,13-14,16-19H2,1-5H3/t24-,25+/m0/s1. The molecule has 3 rings (SSSR count). The van der Waals surface area contributed by atoms with Crippen LogP contribution in [0.25, 0.3) is 0 Å². The highest BCUT2D eigenvalue weighted by atomic mass is 32.2. The van der Waals surface area contributed by atoms with Gasteiger partial charge in [0, 0.05) is 63.3 Å². The van der Waals surface area contributed by atoms with Gasteiger partial charge in [-0.2, -0.15) is 0 Å². The highest BCUT2D eigenvalue weighted by molar-refractivity contribution is 7.88. The molecule has 1 fully saturated rings. The summed E-state index contributed by atoms with van der Waals surface area (Å²) in [4.78, 5) is 15.4. The molecule has 2 aromatic carbocycles. The van der Waals surface area contributed by atoms with E-state index in [1.165, 1.54) is 0 Å². The Morgan fingerprint density at radius 3 is 2.47 bits per heavy atom. The maximum absolute atomic E-state index is 13.6. The number of nitrogens with zero attached hydrogens (tertiary/aromatic N) is 1. The number of amides is 1. The SMILES string of the molecule is COCCCOc1cc(C(=O)N(C[C@@H]2CNC[C@H]2NS(=O)(=O)Cc2ccc(C)cc2)C(C)C)ccc1OC. The van der Waals surface area contributed by atoms with Crippen molar-refractivity contribution in [2.45, 2.75) is 45.0 Å². The summed E-state index contributed by atoms with van der Waals surface area (Å²) in [6.07, 6.45) is 0.714. The molecule has 1 aliphatic rings. The predicted molar refractivity (Wildman–Crippen MR) is 148 cm³/mol. The van der Waals surface area contributed by atoms with Crippen LogP contribution in [-0.4, -0.2) is 78.4 Å². The lowest BCUT2D eigenvalue weighted by Gasteiger charge is -2.32. The Hall–Kier alpha value is -2.66. The molecule has 210 valence electrons. The molecule has 1 amide bonds. The average Bonchev–Trinajstić information content (AvgIpc) is 3.31. The van der Waals surface area contributed by atoms with Gasteiger partial charge < -0.3 is 24.4 Å². The fourth-order valence-electron chi connectivity index (χ4n) is 4.49. The lowest BCUT2D eigenvalue weighted by Crippen LogP contribution is -2.47. The van der Waals surface area contributed by atoms with E-state index in [-0.39, 0.29) is 29.7 Å². The largest absolute Gasteiger partial charge is 0.493 e. The van der Waals surface area contributed by atoms with Crippen LogP contribution in [-0.2, 0) is 20.5 Å². The minimum absolute atomic E-state index is 0.0721. The number of hydrogen-bond acceptors (Lipinski definition) is 7. The van der Waals surface area contributed by atoms with E-state index < -0.39 is 10.0 Å². The van der Waals surface area contributed by atoms with E-state index in [1.54, 1.807) is 37.3 Å². The van der Waals surface area contributed by atoms with Crippen LogP contribution in [0, 0.1) is 12.8 Å². The molecule has 0 radical (unpaired) electrons. The van der Waals surface area contributed by atoms with E-state index in [9.17, 15) is 13.2 Å². The van der Waals surface area contributed by atoms with E-state index in [0.29, 0.717) is 56.3 Å². The first-order chi connectivity index (χ1) is 18.1. The second kappa shape index (κ2) is 13.9. The van der Waals surface area contributed by atoms with Gasteiger partial charge >= 0.3 is 0 Å². The number of ether oxygens (including phenoxy) is 3. The smallest absolute Gasteiger partial charge is 0.254 e. The first-order valence-corrected chi connectivity index (χ1v) is 14.7. The maximum atomic E-state index is 13.6. The van der Waals surface area contributed by atoms with Gasteiger partial charge in [-0.15, -0.1) is 0 Å². The summed E-state index contributed by atoms with van der Waals surface area (Å²) >= 11 is 0. The number of benzene rings is 2. The molecular weight excluding hydrogens is 506 g/mol. The molecule has 2 N–H and O–H groups in total. The average molecular weight is 548 g/mol. The molecule has 1 aliphatic heterocycles. The number of sulfonamides is 1. The zero-order chi connectivity index (χ0) is 27.7. The second-order valence-electron chi connectivity index (χ2n) is 10.00. The molecular formula is C28H41N3O6S. The Balaban J connectivity index is 1.70. The fraction of sp³-hybridized carbons (Fsp3) is 0.536. The monoisotopic (exact) mass is 547 g/mol. The van der Waals surface area contributed by atoms with E-state index in [4.69, 9.17) is 14.2 Å². The summed E-state index contributed by atoms with van der Waals surface area (Å²) < 4.78 is 45.1. The minimum atomic E-state index is -3.55. The Bertz CT molecular complexity index is 1150. The zero-order valence-electron chi connectivity index (χ0n) is 23.0. The molecule has 9 nitrogen and oxygen atoms in total.